The lowest BCUT2D eigenvalue weighted by molar-refractivity contribution is 0.573. The van der Waals surface area contributed by atoms with E-state index < -0.39 is 9.84 Å². The van der Waals surface area contributed by atoms with Crippen molar-refractivity contribution in [1.82, 2.24) is 10.3 Å². The van der Waals surface area contributed by atoms with Gasteiger partial charge in [0, 0.05) is 12.2 Å². The SMILES string of the molecule is O=S(=O)(C[C@H]1CCCN1)c1ccccn1. The van der Waals surface area contributed by atoms with Gasteiger partial charge in [-0.1, -0.05) is 6.07 Å². The zero-order valence-corrected chi connectivity index (χ0v) is 9.20. The molecule has 1 fully saturated rings. The smallest absolute Gasteiger partial charge is 0.197 e. The molecule has 0 unspecified atom stereocenters. The zero-order chi connectivity index (χ0) is 10.7. The van der Waals surface area contributed by atoms with Crippen molar-refractivity contribution in [2.75, 3.05) is 12.3 Å². The summed E-state index contributed by atoms with van der Waals surface area (Å²) in [4.78, 5) is 3.88. The summed E-state index contributed by atoms with van der Waals surface area (Å²) in [6, 6.07) is 5.05. The summed E-state index contributed by atoms with van der Waals surface area (Å²) in [7, 11) is -3.22. The maximum absolute atomic E-state index is 11.9. The Balaban J connectivity index is 2.13. The van der Waals surface area contributed by atoms with Gasteiger partial charge < -0.3 is 5.32 Å². The molecule has 1 aliphatic heterocycles. The Kier molecular flexibility index (Phi) is 3.02. The molecule has 0 bridgehead atoms. The maximum Gasteiger partial charge on any atom is 0.197 e. The van der Waals surface area contributed by atoms with Gasteiger partial charge in [-0.15, -0.1) is 0 Å². The molecule has 0 spiro atoms. The Morgan fingerprint density at radius 2 is 2.33 bits per heavy atom. The van der Waals surface area contributed by atoms with Crippen molar-refractivity contribution in [3.8, 4) is 0 Å². The quantitative estimate of drug-likeness (QED) is 0.820. The molecule has 2 rings (SSSR count). The highest BCUT2D eigenvalue weighted by molar-refractivity contribution is 7.91. The van der Waals surface area contributed by atoms with E-state index in [4.69, 9.17) is 0 Å². The second-order valence-corrected chi connectivity index (χ2v) is 5.72. The van der Waals surface area contributed by atoms with Crippen molar-refractivity contribution in [3.05, 3.63) is 24.4 Å². The lowest BCUT2D eigenvalue weighted by Crippen LogP contribution is -2.30. The molecule has 0 aliphatic carbocycles. The van der Waals surface area contributed by atoms with E-state index in [9.17, 15) is 8.42 Å². The molecule has 1 aromatic rings. The molecule has 1 saturated heterocycles. The van der Waals surface area contributed by atoms with E-state index in [0.29, 0.717) is 0 Å². The van der Waals surface area contributed by atoms with Crippen LogP contribution < -0.4 is 5.32 Å². The number of aromatic nitrogens is 1. The van der Waals surface area contributed by atoms with Crippen LogP contribution in [0.2, 0.25) is 0 Å². The van der Waals surface area contributed by atoms with Crippen molar-refractivity contribution in [2.24, 2.45) is 0 Å². The van der Waals surface area contributed by atoms with Crippen LogP contribution in [0.25, 0.3) is 0 Å². The number of nitrogens with one attached hydrogen (secondary N) is 1. The van der Waals surface area contributed by atoms with Crippen LogP contribution in [-0.2, 0) is 9.84 Å². The van der Waals surface area contributed by atoms with Crippen LogP contribution in [0.3, 0.4) is 0 Å². The molecule has 1 aromatic heterocycles. The van der Waals surface area contributed by atoms with E-state index in [-0.39, 0.29) is 16.8 Å². The van der Waals surface area contributed by atoms with Crippen LogP contribution in [0.15, 0.2) is 29.4 Å². The summed E-state index contributed by atoms with van der Waals surface area (Å²) in [6.07, 6.45) is 3.50. The molecular formula is C10H14N2O2S. The van der Waals surface area contributed by atoms with Crippen LogP contribution in [0.4, 0.5) is 0 Å². The molecule has 1 aliphatic rings. The lowest BCUT2D eigenvalue weighted by Gasteiger charge is -2.09. The predicted octanol–water partition coefficient (Wildman–Crippen LogP) is 0.607. The van der Waals surface area contributed by atoms with Crippen LogP contribution >= 0.6 is 0 Å². The van der Waals surface area contributed by atoms with Crippen LogP contribution in [0.1, 0.15) is 12.8 Å². The second kappa shape index (κ2) is 4.28. The molecule has 2 heterocycles. The van der Waals surface area contributed by atoms with E-state index in [1.165, 1.54) is 6.20 Å². The standard InChI is InChI=1S/C10H14N2O2S/c13-15(14,8-9-4-3-7-11-9)10-5-1-2-6-12-10/h1-2,5-6,9,11H,3-4,7-8H2/t9-/m1/s1. The molecule has 15 heavy (non-hydrogen) atoms. The van der Waals surface area contributed by atoms with Crippen LogP contribution in [-0.4, -0.2) is 31.7 Å². The highest BCUT2D eigenvalue weighted by Gasteiger charge is 2.24. The topological polar surface area (TPSA) is 59.1 Å². The first kappa shape index (κ1) is 10.6. The number of hydrogen-bond donors (Lipinski definition) is 1. The third-order valence-electron chi connectivity index (χ3n) is 2.54. The maximum atomic E-state index is 11.9. The van der Waals surface area contributed by atoms with Gasteiger partial charge in [0.25, 0.3) is 0 Å². The van der Waals surface area contributed by atoms with Gasteiger partial charge in [0.1, 0.15) is 0 Å². The first-order valence-corrected chi connectivity index (χ1v) is 6.71. The Bertz CT molecular complexity index is 410. The van der Waals surface area contributed by atoms with Crippen LogP contribution in [0, 0.1) is 0 Å². The Hall–Kier alpha value is -0.940. The Morgan fingerprint density at radius 1 is 1.47 bits per heavy atom. The Labute approximate surface area is 89.6 Å². The predicted molar refractivity (Wildman–Crippen MR) is 57.3 cm³/mol. The minimum absolute atomic E-state index is 0.0945. The Morgan fingerprint density at radius 3 is 2.93 bits per heavy atom. The van der Waals surface area contributed by atoms with E-state index in [2.05, 4.69) is 10.3 Å². The fourth-order valence-electron chi connectivity index (χ4n) is 1.78. The number of hydrogen-bond acceptors (Lipinski definition) is 4. The van der Waals surface area contributed by atoms with Crippen molar-refractivity contribution in [3.63, 3.8) is 0 Å². The number of sulfone groups is 1. The molecule has 1 atom stereocenters. The van der Waals surface area contributed by atoms with Gasteiger partial charge in [0.2, 0.25) is 0 Å². The zero-order valence-electron chi connectivity index (χ0n) is 8.39. The number of nitrogens with zero attached hydrogens (tertiary/aromatic N) is 1. The average molecular weight is 226 g/mol. The normalized spacial score (nSPS) is 21.7. The van der Waals surface area contributed by atoms with Crippen molar-refractivity contribution in [1.29, 1.82) is 0 Å². The molecule has 0 saturated carbocycles. The molecule has 4 nitrogen and oxygen atoms in total. The van der Waals surface area contributed by atoms with Gasteiger partial charge in [0.05, 0.1) is 5.75 Å². The lowest BCUT2D eigenvalue weighted by atomic mass is 10.3. The molecule has 0 radical (unpaired) electrons. The summed E-state index contributed by atoms with van der Waals surface area (Å²) in [5.41, 5.74) is 0. The van der Waals surface area contributed by atoms with Gasteiger partial charge in [0.15, 0.2) is 14.9 Å². The van der Waals surface area contributed by atoms with Gasteiger partial charge in [-0.05, 0) is 31.5 Å². The average Bonchev–Trinajstić information content (AvgIpc) is 2.71. The highest BCUT2D eigenvalue weighted by atomic mass is 32.2. The van der Waals surface area contributed by atoms with Gasteiger partial charge >= 0.3 is 0 Å². The fraction of sp³-hybridized carbons (Fsp3) is 0.500. The van der Waals surface area contributed by atoms with E-state index >= 15 is 0 Å². The van der Waals surface area contributed by atoms with Gasteiger partial charge in [-0.2, -0.15) is 0 Å². The van der Waals surface area contributed by atoms with E-state index in [1.54, 1.807) is 18.2 Å². The summed E-state index contributed by atoms with van der Waals surface area (Å²) in [5, 5.41) is 3.35. The molecule has 1 N–H and O–H groups in total. The van der Waals surface area contributed by atoms with Crippen LogP contribution in [0.5, 0.6) is 0 Å². The van der Waals surface area contributed by atoms with Gasteiger partial charge in [-0.3, -0.25) is 0 Å². The first-order chi connectivity index (χ1) is 7.18. The second-order valence-electron chi connectivity index (χ2n) is 3.74. The van der Waals surface area contributed by atoms with Crippen molar-refractivity contribution < 1.29 is 8.42 Å². The number of pyridine rings is 1. The summed E-state index contributed by atoms with van der Waals surface area (Å²) < 4.78 is 23.8. The van der Waals surface area contributed by atoms with Crippen molar-refractivity contribution in [2.45, 2.75) is 23.9 Å². The molecule has 82 valence electrons. The first-order valence-electron chi connectivity index (χ1n) is 5.06. The summed E-state index contributed by atoms with van der Waals surface area (Å²) in [5.74, 6) is 0.157. The van der Waals surface area contributed by atoms with Gasteiger partial charge in [-0.25, -0.2) is 13.4 Å². The third-order valence-corrected chi connectivity index (χ3v) is 4.26. The summed E-state index contributed by atoms with van der Waals surface area (Å²) >= 11 is 0. The minimum atomic E-state index is -3.22. The summed E-state index contributed by atoms with van der Waals surface area (Å²) in [6.45, 7) is 0.919. The fourth-order valence-corrected chi connectivity index (χ4v) is 3.27. The van der Waals surface area contributed by atoms with E-state index in [0.717, 1.165) is 19.4 Å². The van der Waals surface area contributed by atoms with Crippen molar-refractivity contribution >= 4 is 9.84 Å². The number of rotatable bonds is 3. The molecule has 0 aromatic carbocycles. The minimum Gasteiger partial charge on any atom is -0.313 e. The third kappa shape index (κ3) is 2.54. The van der Waals surface area contributed by atoms with E-state index in [1.807, 2.05) is 0 Å². The molecular weight excluding hydrogens is 212 g/mol. The highest BCUT2D eigenvalue weighted by Crippen LogP contribution is 2.13. The molecule has 0 amide bonds. The largest absolute Gasteiger partial charge is 0.313 e. The molecule has 5 heteroatoms. The monoisotopic (exact) mass is 226 g/mol.